The van der Waals surface area contributed by atoms with Crippen LogP contribution in [0.2, 0.25) is 0 Å². The molecule has 0 aliphatic rings. The largest absolute Gasteiger partial charge is 0.397 e. The third-order valence-electron chi connectivity index (χ3n) is 2.56. The first-order chi connectivity index (χ1) is 8.84. The maximum atomic E-state index is 5.74. The zero-order valence-corrected chi connectivity index (χ0v) is 9.56. The topological polar surface area (TPSA) is 69.6 Å². The van der Waals surface area contributed by atoms with Crippen LogP contribution in [0.1, 0.15) is 0 Å². The van der Waals surface area contributed by atoms with Crippen LogP contribution in [0.5, 0.6) is 0 Å². The second-order valence-electron chi connectivity index (χ2n) is 3.81. The Morgan fingerprint density at radius 1 is 1.06 bits per heavy atom. The Balaban J connectivity index is 2.13. The van der Waals surface area contributed by atoms with Crippen LogP contribution < -0.4 is 5.73 Å². The lowest BCUT2D eigenvalue weighted by Crippen LogP contribution is -1.99. The summed E-state index contributed by atoms with van der Waals surface area (Å²) >= 11 is 0. The van der Waals surface area contributed by atoms with Gasteiger partial charge in [-0.3, -0.25) is 14.5 Å². The fourth-order valence-corrected chi connectivity index (χ4v) is 1.77. The Bertz CT molecular complexity index is 660. The van der Waals surface area contributed by atoms with Gasteiger partial charge in [-0.15, -0.1) is 0 Å². The summed E-state index contributed by atoms with van der Waals surface area (Å²) in [5.74, 6) is 0.767. The van der Waals surface area contributed by atoms with Gasteiger partial charge in [-0.05, 0) is 18.2 Å². The highest BCUT2D eigenvalue weighted by Crippen LogP contribution is 2.19. The Hall–Kier alpha value is -2.69. The van der Waals surface area contributed by atoms with Gasteiger partial charge in [0.15, 0.2) is 5.82 Å². The fourth-order valence-electron chi connectivity index (χ4n) is 1.77. The van der Waals surface area contributed by atoms with E-state index in [1.54, 1.807) is 24.8 Å². The van der Waals surface area contributed by atoms with E-state index in [4.69, 9.17) is 5.73 Å². The van der Waals surface area contributed by atoms with Gasteiger partial charge in [-0.1, -0.05) is 6.07 Å². The lowest BCUT2D eigenvalue weighted by Gasteiger charge is -2.07. The van der Waals surface area contributed by atoms with Crippen LogP contribution in [0.15, 0.2) is 55.2 Å². The van der Waals surface area contributed by atoms with Crippen molar-refractivity contribution < 1.29 is 0 Å². The van der Waals surface area contributed by atoms with Crippen molar-refractivity contribution in [1.82, 2.24) is 19.5 Å². The molecule has 0 aliphatic carbocycles. The van der Waals surface area contributed by atoms with E-state index >= 15 is 0 Å². The molecule has 18 heavy (non-hydrogen) atoms. The summed E-state index contributed by atoms with van der Waals surface area (Å²) in [6.07, 6.45) is 8.69. The summed E-state index contributed by atoms with van der Waals surface area (Å²) < 4.78 is 1.91. The number of pyridine rings is 2. The van der Waals surface area contributed by atoms with E-state index in [1.807, 2.05) is 35.0 Å². The predicted molar refractivity (Wildman–Crippen MR) is 69.0 cm³/mol. The number of nitrogen functional groups attached to an aromatic ring is 1. The van der Waals surface area contributed by atoms with E-state index in [0.717, 1.165) is 17.2 Å². The molecule has 0 radical (unpaired) electrons. The SMILES string of the molecule is Nc1cncc(-n2ccnc2-c2ccccn2)c1. The van der Waals surface area contributed by atoms with Gasteiger partial charge in [-0.25, -0.2) is 4.98 Å². The number of nitrogens with two attached hydrogens (primary N) is 1. The Labute approximate surface area is 104 Å². The first-order valence-electron chi connectivity index (χ1n) is 5.50. The molecule has 0 unspecified atom stereocenters. The molecule has 88 valence electrons. The van der Waals surface area contributed by atoms with Crippen LogP contribution in [0, 0.1) is 0 Å². The monoisotopic (exact) mass is 237 g/mol. The van der Waals surface area contributed by atoms with Gasteiger partial charge in [0.1, 0.15) is 5.69 Å². The number of aromatic nitrogens is 4. The summed E-state index contributed by atoms with van der Waals surface area (Å²) in [5, 5.41) is 0. The van der Waals surface area contributed by atoms with Crippen molar-refractivity contribution in [2.75, 3.05) is 5.73 Å². The maximum Gasteiger partial charge on any atom is 0.163 e. The van der Waals surface area contributed by atoms with Crippen LogP contribution in [-0.4, -0.2) is 19.5 Å². The molecule has 0 spiro atoms. The maximum absolute atomic E-state index is 5.74. The third kappa shape index (κ3) is 1.82. The van der Waals surface area contributed by atoms with Crippen LogP contribution in [0.25, 0.3) is 17.2 Å². The second-order valence-corrected chi connectivity index (χ2v) is 3.81. The number of nitrogens with zero attached hydrogens (tertiary/aromatic N) is 4. The molecule has 0 saturated heterocycles. The van der Waals surface area contributed by atoms with Gasteiger partial charge in [0.25, 0.3) is 0 Å². The third-order valence-corrected chi connectivity index (χ3v) is 2.56. The summed E-state index contributed by atoms with van der Waals surface area (Å²) in [5.41, 5.74) is 8.04. The average Bonchev–Trinajstić information content (AvgIpc) is 2.89. The summed E-state index contributed by atoms with van der Waals surface area (Å²) in [7, 11) is 0. The molecule has 3 heterocycles. The number of imidazole rings is 1. The predicted octanol–water partition coefficient (Wildman–Crippen LogP) is 1.91. The Morgan fingerprint density at radius 2 is 2.00 bits per heavy atom. The fraction of sp³-hybridized carbons (Fsp3) is 0. The van der Waals surface area contributed by atoms with E-state index in [0.29, 0.717) is 5.69 Å². The molecule has 5 heteroatoms. The molecule has 3 aromatic heterocycles. The summed E-state index contributed by atoms with van der Waals surface area (Å²) in [6, 6.07) is 7.57. The molecule has 0 amide bonds. The molecule has 0 fully saturated rings. The number of rotatable bonds is 2. The van der Waals surface area contributed by atoms with Gasteiger partial charge in [0, 0.05) is 24.8 Å². The van der Waals surface area contributed by atoms with Crippen LogP contribution in [-0.2, 0) is 0 Å². The molecule has 3 rings (SSSR count). The molecular weight excluding hydrogens is 226 g/mol. The molecule has 0 bridgehead atoms. The van der Waals surface area contributed by atoms with Crippen molar-refractivity contribution in [3.63, 3.8) is 0 Å². The zero-order chi connectivity index (χ0) is 12.4. The smallest absolute Gasteiger partial charge is 0.163 e. The molecular formula is C13H11N5. The van der Waals surface area contributed by atoms with Crippen molar-refractivity contribution in [3.8, 4) is 17.2 Å². The molecule has 0 aromatic carbocycles. The van der Waals surface area contributed by atoms with Crippen molar-refractivity contribution in [2.24, 2.45) is 0 Å². The highest BCUT2D eigenvalue weighted by molar-refractivity contribution is 5.55. The Morgan fingerprint density at radius 3 is 2.78 bits per heavy atom. The van der Waals surface area contributed by atoms with Gasteiger partial charge in [-0.2, -0.15) is 0 Å². The minimum absolute atomic E-state index is 0.619. The van der Waals surface area contributed by atoms with Gasteiger partial charge >= 0.3 is 0 Å². The first kappa shape index (κ1) is 10.5. The van der Waals surface area contributed by atoms with Crippen molar-refractivity contribution >= 4 is 5.69 Å². The van der Waals surface area contributed by atoms with E-state index in [1.165, 1.54) is 0 Å². The average molecular weight is 237 g/mol. The molecule has 0 saturated carbocycles. The van der Waals surface area contributed by atoms with Crippen molar-refractivity contribution in [3.05, 3.63) is 55.2 Å². The van der Waals surface area contributed by atoms with Gasteiger partial charge < -0.3 is 5.73 Å². The van der Waals surface area contributed by atoms with Crippen LogP contribution >= 0.6 is 0 Å². The molecule has 2 N–H and O–H groups in total. The quantitative estimate of drug-likeness (QED) is 0.739. The van der Waals surface area contributed by atoms with E-state index in [9.17, 15) is 0 Å². The number of anilines is 1. The lowest BCUT2D eigenvalue weighted by atomic mass is 10.3. The Kier molecular flexibility index (Phi) is 2.49. The highest BCUT2D eigenvalue weighted by Gasteiger charge is 2.08. The number of hydrogen-bond acceptors (Lipinski definition) is 4. The zero-order valence-electron chi connectivity index (χ0n) is 9.56. The second kappa shape index (κ2) is 4.29. The molecule has 0 aliphatic heterocycles. The highest BCUT2D eigenvalue weighted by atomic mass is 15.1. The molecule has 3 aromatic rings. The van der Waals surface area contributed by atoms with Crippen LogP contribution in [0.4, 0.5) is 5.69 Å². The van der Waals surface area contributed by atoms with E-state index < -0.39 is 0 Å². The van der Waals surface area contributed by atoms with Gasteiger partial charge in [0.05, 0.1) is 17.6 Å². The summed E-state index contributed by atoms with van der Waals surface area (Å²) in [6.45, 7) is 0. The lowest BCUT2D eigenvalue weighted by molar-refractivity contribution is 1.04. The van der Waals surface area contributed by atoms with Gasteiger partial charge in [0.2, 0.25) is 0 Å². The first-order valence-corrected chi connectivity index (χ1v) is 5.50. The normalized spacial score (nSPS) is 10.4. The minimum Gasteiger partial charge on any atom is -0.397 e. The standard InChI is InChI=1S/C13H11N5/c14-10-7-11(9-15-8-10)18-6-5-17-13(18)12-3-1-2-4-16-12/h1-9H,14H2. The van der Waals surface area contributed by atoms with Crippen molar-refractivity contribution in [2.45, 2.75) is 0 Å². The summed E-state index contributed by atoms with van der Waals surface area (Å²) in [4.78, 5) is 12.7. The van der Waals surface area contributed by atoms with Crippen molar-refractivity contribution in [1.29, 1.82) is 0 Å². The number of hydrogen-bond donors (Lipinski definition) is 1. The molecule has 5 nitrogen and oxygen atoms in total. The van der Waals surface area contributed by atoms with E-state index in [2.05, 4.69) is 15.0 Å². The van der Waals surface area contributed by atoms with Crippen LogP contribution in [0.3, 0.4) is 0 Å². The van der Waals surface area contributed by atoms with E-state index in [-0.39, 0.29) is 0 Å². The molecule has 0 atom stereocenters. The minimum atomic E-state index is 0.619.